The van der Waals surface area contributed by atoms with E-state index in [9.17, 15) is 0 Å². The molecule has 0 spiro atoms. The second-order valence-corrected chi connectivity index (χ2v) is 6.76. The Bertz CT molecular complexity index is 880. The summed E-state index contributed by atoms with van der Waals surface area (Å²) in [4.78, 5) is 0. The van der Waals surface area contributed by atoms with E-state index in [1.54, 1.807) is 0 Å². The van der Waals surface area contributed by atoms with Crippen molar-refractivity contribution in [2.45, 2.75) is 53.4 Å². The minimum Gasteiger partial charge on any atom is -0.456 e. The van der Waals surface area contributed by atoms with Gasteiger partial charge in [0.2, 0.25) is 0 Å². The number of fused-ring (bicyclic) bond motifs is 3. The molecule has 120 valence electrons. The zero-order chi connectivity index (χ0) is 16.6. The van der Waals surface area contributed by atoms with Crippen LogP contribution in [0.5, 0.6) is 0 Å². The third-order valence-electron chi connectivity index (χ3n) is 4.70. The lowest BCUT2D eigenvalue weighted by molar-refractivity contribution is 0.663. The monoisotopic (exact) mass is 306 g/mol. The lowest BCUT2D eigenvalue weighted by Gasteiger charge is -2.06. The molecule has 0 atom stereocenters. The summed E-state index contributed by atoms with van der Waals surface area (Å²) >= 11 is 0. The van der Waals surface area contributed by atoms with Gasteiger partial charge in [-0.3, -0.25) is 0 Å². The van der Waals surface area contributed by atoms with E-state index >= 15 is 0 Å². The number of hydrogen-bond acceptors (Lipinski definition) is 1. The lowest BCUT2D eigenvalue weighted by Crippen LogP contribution is -1.88. The average molecular weight is 306 g/mol. The Labute approximate surface area is 139 Å². The minimum atomic E-state index is 1.01. The van der Waals surface area contributed by atoms with Crippen molar-refractivity contribution in [2.75, 3.05) is 0 Å². The Hall–Kier alpha value is -2.02. The number of hydrogen-bond donors (Lipinski definition) is 0. The molecule has 1 heterocycles. The summed E-state index contributed by atoms with van der Waals surface area (Å²) in [6.45, 7) is 12.8. The summed E-state index contributed by atoms with van der Waals surface area (Å²) < 4.78 is 6.26. The molecule has 1 nitrogen and oxygen atoms in total. The van der Waals surface area contributed by atoms with Gasteiger partial charge in [-0.2, -0.15) is 0 Å². The van der Waals surface area contributed by atoms with Crippen LogP contribution >= 0.6 is 0 Å². The van der Waals surface area contributed by atoms with Crippen LogP contribution < -0.4 is 0 Å². The van der Waals surface area contributed by atoms with E-state index in [1.165, 1.54) is 52.3 Å². The molecule has 2 aromatic carbocycles. The van der Waals surface area contributed by atoms with Crippen LogP contribution in [0.4, 0.5) is 0 Å². The highest BCUT2D eigenvalue weighted by atomic mass is 16.3. The van der Waals surface area contributed by atoms with Crippen LogP contribution in [0.3, 0.4) is 0 Å². The van der Waals surface area contributed by atoms with Crippen molar-refractivity contribution in [3.63, 3.8) is 0 Å². The molecule has 0 unspecified atom stereocenters. The molecular weight excluding hydrogens is 280 g/mol. The van der Waals surface area contributed by atoms with E-state index in [1.807, 2.05) is 0 Å². The standard InChI is InChI=1S/C22H26O/c1-6-7-8-9-17-12-16(5)20-19(13-17)23-22-15(4)10-11-18(14(2)3)21(20)22/h10-13H,2,6-9H2,1,3-5H3. The number of unbranched alkanes of at least 4 members (excludes halogenated alkanes) is 2. The fourth-order valence-electron chi connectivity index (χ4n) is 3.48. The zero-order valence-electron chi connectivity index (χ0n) is 14.8. The van der Waals surface area contributed by atoms with E-state index in [4.69, 9.17) is 4.42 Å². The van der Waals surface area contributed by atoms with Gasteiger partial charge >= 0.3 is 0 Å². The van der Waals surface area contributed by atoms with Crippen molar-refractivity contribution >= 4 is 27.5 Å². The number of aryl methyl sites for hydroxylation is 3. The second-order valence-electron chi connectivity index (χ2n) is 6.76. The summed E-state index contributed by atoms with van der Waals surface area (Å²) in [5.74, 6) is 0. The molecule has 23 heavy (non-hydrogen) atoms. The van der Waals surface area contributed by atoms with Gasteiger partial charge in [-0.25, -0.2) is 0 Å². The molecule has 0 saturated carbocycles. The molecule has 0 aliphatic heterocycles. The van der Waals surface area contributed by atoms with Gasteiger partial charge in [0.25, 0.3) is 0 Å². The molecule has 1 aromatic heterocycles. The topological polar surface area (TPSA) is 13.1 Å². The maximum absolute atomic E-state index is 6.26. The fraction of sp³-hybridized carbons (Fsp3) is 0.364. The Kier molecular flexibility index (Phi) is 4.30. The smallest absolute Gasteiger partial charge is 0.138 e. The lowest BCUT2D eigenvalue weighted by atomic mass is 9.95. The van der Waals surface area contributed by atoms with Gasteiger partial charge in [-0.1, -0.05) is 50.1 Å². The van der Waals surface area contributed by atoms with Gasteiger partial charge in [-0.05, 0) is 61.9 Å². The molecule has 3 aromatic rings. The Morgan fingerprint density at radius 1 is 1.04 bits per heavy atom. The van der Waals surface area contributed by atoms with Crippen molar-refractivity contribution < 1.29 is 4.42 Å². The average Bonchev–Trinajstić information content (AvgIpc) is 2.88. The third-order valence-corrected chi connectivity index (χ3v) is 4.70. The largest absolute Gasteiger partial charge is 0.456 e. The molecule has 0 aliphatic rings. The van der Waals surface area contributed by atoms with E-state index in [2.05, 4.69) is 58.5 Å². The molecule has 0 fully saturated rings. The summed E-state index contributed by atoms with van der Waals surface area (Å²) in [5.41, 5.74) is 8.19. The third kappa shape index (κ3) is 2.81. The molecule has 0 amide bonds. The number of furan rings is 1. The molecule has 0 aliphatic carbocycles. The van der Waals surface area contributed by atoms with Crippen molar-refractivity contribution in [2.24, 2.45) is 0 Å². The quantitative estimate of drug-likeness (QED) is 0.464. The number of benzene rings is 2. The first-order valence-electron chi connectivity index (χ1n) is 8.64. The van der Waals surface area contributed by atoms with Gasteiger partial charge in [0.15, 0.2) is 0 Å². The molecule has 0 bridgehead atoms. The first kappa shape index (κ1) is 15.9. The summed E-state index contributed by atoms with van der Waals surface area (Å²) in [7, 11) is 0. The van der Waals surface area contributed by atoms with Crippen LogP contribution in [0.25, 0.3) is 27.5 Å². The minimum absolute atomic E-state index is 1.01. The van der Waals surface area contributed by atoms with Crippen molar-refractivity contribution in [3.8, 4) is 0 Å². The predicted molar refractivity (Wildman–Crippen MR) is 101 cm³/mol. The van der Waals surface area contributed by atoms with Crippen LogP contribution in [0.1, 0.15) is 55.4 Å². The summed E-state index contributed by atoms with van der Waals surface area (Å²) in [6.07, 6.45) is 4.93. The van der Waals surface area contributed by atoms with E-state index in [-0.39, 0.29) is 0 Å². The fourth-order valence-corrected chi connectivity index (χ4v) is 3.48. The van der Waals surface area contributed by atoms with E-state index in [0.717, 1.165) is 23.2 Å². The van der Waals surface area contributed by atoms with Crippen LogP contribution in [0.15, 0.2) is 35.3 Å². The molecule has 0 saturated heterocycles. The molecule has 1 heteroatoms. The van der Waals surface area contributed by atoms with Crippen molar-refractivity contribution in [1.82, 2.24) is 0 Å². The Morgan fingerprint density at radius 2 is 1.83 bits per heavy atom. The predicted octanol–water partition coefficient (Wildman–Crippen LogP) is 6.97. The van der Waals surface area contributed by atoms with Gasteiger partial charge < -0.3 is 4.42 Å². The molecule has 0 radical (unpaired) electrons. The van der Waals surface area contributed by atoms with Gasteiger partial charge in [0.05, 0.1) is 0 Å². The van der Waals surface area contributed by atoms with Crippen LogP contribution in [0, 0.1) is 13.8 Å². The number of rotatable bonds is 5. The summed E-state index contributed by atoms with van der Waals surface area (Å²) in [5, 5.41) is 2.48. The van der Waals surface area contributed by atoms with Gasteiger partial charge in [-0.15, -0.1) is 0 Å². The first-order valence-corrected chi connectivity index (χ1v) is 8.64. The molecule has 0 N–H and O–H groups in total. The highest BCUT2D eigenvalue weighted by Crippen LogP contribution is 2.38. The Morgan fingerprint density at radius 3 is 2.52 bits per heavy atom. The van der Waals surface area contributed by atoms with Crippen LogP contribution in [0.2, 0.25) is 0 Å². The highest BCUT2D eigenvalue weighted by Gasteiger charge is 2.16. The van der Waals surface area contributed by atoms with Gasteiger partial charge in [0.1, 0.15) is 11.2 Å². The van der Waals surface area contributed by atoms with E-state index < -0.39 is 0 Å². The van der Waals surface area contributed by atoms with Crippen LogP contribution in [-0.2, 0) is 6.42 Å². The zero-order valence-corrected chi connectivity index (χ0v) is 14.8. The summed E-state index contributed by atoms with van der Waals surface area (Å²) in [6, 6.07) is 8.87. The van der Waals surface area contributed by atoms with Crippen molar-refractivity contribution in [1.29, 1.82) is 0 Å². The van der Waals surface area contributed by atoms with Crippen LogP contribution in [-0.4, -0.2) is 0 Å². The second kappa shape index (κ2) is 6.23. The number of allylic oxidation sites excluding steroid dienone is 1. The normalized spacial score (nSPS) is 11.5. The molecule has 3 rings (SSSR count). The van der Waals surface area contributed by atoms with Crippen molar-refractivity contribution in [3.05, 3.63) is 53.1 Å². The van der Waals surface area contributed by atoms with Gasteiger partial charge in [0, 0.05) is 10.8 Å². The van der Waals surface area contributed by atoms with E-state index in [0.29, 0.717) is 0 Å². The Balaban J connectivity index is 2.23. The highest BCUT2D eigenvalue weighted by molar-refractivity contribution is 6.12. The maximum Gasteiger partial charge on any atom is 0.138 e. The first-order chi connectivity index (χ1) is 11.0. The maximum atomic E-state index is 6.26. The molecular formula is C22H26O. The SMILES string of the molecule is C=C(C)c1ccc(C)c2oc3cc(CCCCC)cc(C)c3c12.